The first-order chi connectivity index (χ1) is 12.2. The van der Waals surface area contributed by atoms with Gasteiger partial charge in [-0.3, -0.25) is 9.36 Å². The van der Waals surface area contributed by atoms with Crippen LogP contribution in [0.4, 0.5) is 0 Å². The van der Waals surface area contributed by atoms with E-state index in [0.29, 0.717) is 13.0 Å². The lowest BCUT2D eigenvalue weighted by Crippen LogP contribution is -2.36. The maximum atomic E-state index is 13.2. The van der Waals surface area contributed by atoms with Gasteiger partial charge in [0, 0.05) is 25.9 Å². The highest BCUT2D eigenvalue weighted by Gasteiger charge is 2.20. The molecule has 1 aliphatic rings. The molecule has 0 saturated heterocycles. The summed E-state index contributed by atoms with van der Waals surface area (Å²) in [5.41, 5.74) is 5.05. The zero-order chi connectivity index (χ0) is 17.2. The standard InChI is InChI=1S/C21H21N3O/c1-15-7-9-16(10-8-15)13-20-23-19-11-12-22-14-18(19)21(25)24(20)17-5-3-2-4-6-17/h2-10,22H,11-14H2,1H3. The number of benzene rings is 2. The smallest absolute Gasteiger partial charge is 0.262 e. The van der Waals surface area contributed by atoms with Crippen molar-refractivity contribution in [2.24, 2.45) is 0 Å². The third-order valence-electron chi connectivity index (χ3n) is 4.67. The minimum absolute atomic E-state index is 0.0468. The van der Waals surface area contributed by atoms with E-state index in [1.165, 1.54) is 5.56 Å². The first-order valence-electron chi connectivity index (χ1n) is 8.68. The summed E-state index contributed by atoms with van der Waals surface area (Å²) < 4.78 is 1.77. The Balaban J connectivity index is 1.87. The molecule has 0 unspecified atom stereocenters. The number of nitrogens with one attached hydrogen (secondary N) is 1. The molecule has 0 spiro atoms. The van der Waals surface area contributed by atoms with Gasteiger partial charge in [-0.05, 0) is 24.6 Å². The molecule has 0 atom stereocenters. The van der Waals surface area contributed by atoms with Gasteiger partial charge in [0.15, 0.2) is 0 Å². The van der Waals surface area contributed by atoms with Crippen molar-refractivity contribution < 1.29 is 0 Å². The van der Waals surface area contributed by atoms with Crippen LogP contribution in [0.2, 0.25) is 0 Å². The Labute approximate surface area is 147 Å². The molecule has 1 aliphatic heterocycles. The second-order valence-corrected chi connectivity index (χ2v) is 6.52. The van der Waals surface area contributed by atoms with Crippen molar-refractivity contribution in [2.75, 3.05) is 6.54 Å². The highest BCUT2D eigenvalue weighted by atomic mass is 16.1. The Kier molecular flexibility index (Phi) is 4.20. The number of aryl methyl sites for hydroxylation is 1. The van der Waals surface area contributed by atoms with Crippen LogP contribution < -0.4 is 10.9 Å². The third-order valence-corrected chi connectivity index (χ3v) is 4.67. The Morgan fingerprint density at radius 2 is 1.84 bits per heavy atom. The van der Waals surface area contributed by atoms with E-state index in [-0.39, 0.29) is 5.56 Å². The molecule has 1 N–H and O–H groups in total. The van der Waals surface area contributed by atoms with Crippen molar-refractivity contribution in [2.45, 2.75) is 26.3 Å². The van der Waals surface area contributed by atoms with Gasteiger partial charge in [0.2, 0.25) is 0 Å². The van der Waals surface area contributed by atoms with Crippen LogP contribution in [0.25, 0.3) is 5.69 Å². The van der Waals surface area contributed by atoms with E-state index in [9.17, 15) is 4.79 Å². The van der Waals surface area contributed by atoms with Crippen LogP contribution in [-0.2, 0) is 19.4 Å². The second-order valence-electron chi connectivity index (χ2n) is 6.52. The van der Waals surface area contributed by atoms with Crippen LogP contribution >= 0.6 is 0 Å². The summed E-state index contributed by atoms with van der Waals surface area (Å²) in [4.78, 5) is 18.1. The number of aromatic nitrogens is 2. The number of hydrogen-bond donors (Lipinski definition) is 1. The molecule has 1 aromatic heterocycles. The molecule has 0 radical (unpaired) electrons. The van der Waals surface area contributed by atoms with Crippen LogP contribution in [-0.4, -0.2) is 16.1 Å². The van der Waals surface area contributed by atoms with E-state index in [1.807, 2.05) is 30.3 Å². The molecule has 0 aliphatic carbocycles. The Hall–Kier alpha value is -2.72. The van der Waals surface area contributed by atoms with E-state index in [4.69, 9.17) is 4.98 Å². The summed E-state index contributed by atoms with van der Waals surface area (Å²) >= 11 is 0. The third kappa shape index (κ3) is 3.13. The molecule has 2 heterocycles. The van der Waals surface area contributed by atoms with Crippen molar-refractivity contribution in [3.8, 4) is 5.69 Å². The molecule has 4 nitrogen and oxygen atoms in total. The van der Waals surface area contributed by atoms with Crippen molar-refractivity contribution in [3.63, 3.8) is 0 Å². The predicted molar refractivity (Wildman–Crippen MR) is 99.2 cm³/mol. The fourth-order valence-corrected chi connectivity index (χ4v) is 3.30. The fourth-order valence-electron chi connectivity index (χ4n) is 3.30. The highest BCUT2D eigenvalue weighted by Crippen LogP contribution is 2.16. The monoisotopic (exact) mass is 331 g/mol. The van der Waals surface area contributed by atoms with Gasteiger partial charge in [-0.2, -0.15) is 0 Å². The number of hydrogen-bond acceptors (Lipinski definition) is 3. The maximum Gasteiger partial charge on any atom is 0.262 e. The molecule has 4 heteroatoms. The molecule has 126 valence electrons. The first-order valence-corrected chi connectivity index (χ1v) is 8.68. The lowest BCUT2D eigenvalue weighted by molar-refractivity contribution is 0.605. The Morgan fingerprint density at radius 1 is 1.08 bits per heavy atom. The van der Waals surface area contributed by atoms with Gasteiger partial charge >= 0.3 is 0 Å². The molecular weight excluding hydrogens is 310 g/mol. The van der Waals surface area contributed by atoms with Gasteiger partial charge in [0.25, 0.3) is 5.56 Å². The predicted octanol–water partition coefficient (Wildman–Crippen LogP) is 2.78. The molecule has 3 aromatic rings. The molecular formula is C21H21N3O. The summed E-state index contributed by atoms with van der Waals surface area (Å²) in [5, 5.41) is 3.28. The lowest BCUT2D eigenvalue weighted by atomic mass is 10.1. The molecule has 0 amide bonds. The lowest BCUT2D eigenvalue weighted by Gasteiger charge is -2.20. The molecule has 25 heavy (non-hydrogen) atoms. The largest absolute Gasteiger partial charge is 0.312 e. The summed E-state index contributed by atoms with van der Waals surface area (Å²) in [6.07, 6.45) is 1.45. The van der Waals surface area contributed by atoms with Gasteiger partial charge in [-0.1, -0.05) is 48.0 Å². The zero-order valence-electron chi connectivity index (χ0n) is 14.3. The number of para-hydroxylation sites is 1. The Morgan fingerprint density at radius 3 is 2.60 bits per heavy atom. The van der Waals surface area contributed by atoms with Crippen molar-refractivity contribution >= 4 is 0 Å². The topological polar surface area (TPSA) is 46.9 Å². The summed E-state index contributed by atoms with van der Waals surface area (Å²) in [6.45, 7) is 3.55. The summed E-state index contributed by atoms with van der Waals surface area (Å²) in [7, 11) is 0. The average molecular weight is 331 g/mol. The minimum atomic E-state index is 0.0468. The van der Waals surface area contributed by atoms with Crippen LogP contribution in [0.15, 0.2) is 59.4 Å². The van der Waals surface area contributed by atoms with E-state index in [1.54, 1.807) is 4.57 Å². The number of rotatable bonds is 3. The van der Waals surface area contributed by atoms with Crippen LogP contribution in [0.1, 0.15) is 28.2 Å². The molecule has 4 rings (SSSR count). The van der Waals surface area contributed by atoms with Crippen molar-refractivity contribution in [1.29, 1.82) is 0 Å². The molecule has 2 aromatic carbocycles. The maximum absolute atomic E-state index is 13.2. The molecule has 0 saturated carbocycles. The normalized spacial score (nSPS) is 13.5. The SMILES string of the molecule is Cc1ccc(Cc2nc3c(c(=O)n2-c2ccccc2)CNCC3)cc1. The van der Waals surface area contributed by atoms with Gasteiger partial charge in [0.05, 0.1) is 16.9 Å². The Bertz CT molecular complexity index is 943. The quantitative estimate of drug-likeness (QED) is 0.803. The van der Waals surface area contributed by atoms with Gasteiger partial charge in [-0.15, -0.1) is 0 Å². The summed E-state index contributed by atoms with van der Waals surface area (Å²) in [6, 6.07) is 18.2. The van der Waals surface area contributed by atoms with Crippen LogP contribution in [0.3, 0.4) is 0 Å². The fraction of sp³-hybridized carbons (Fsp3) is 0.238. The van der Waals surface area contributed by atoms with E-state index >= 15 is 0 Å². The van der Waals surface area contributed by atoms with E-state index < -0.39 is 0 Å². The van der Waals surface area contributed by atoms with E-state index in [2.05, 4.69) is 36.5 Å². The van der Waals surface area contributed by atoms with Crippen molar-refractivity contribution in [3.05, 3.63) is 93.2 Å². The van der Waals surface area contributed by atoms with Gasteiger partial charge in [-0.25, -0.2) is 4.98 Å². The first kappa shape index (κ1) is 15.8. The van der Waals surface area contributed by atoms with Crippen molar-refractivity contribution in [1.82, 2.24) is 14.9 Å². The van der Waals surface area contributed by atoms with Crippen LogP contribution in [0, 0.1) is 6.92 Å². The average Bonchev–Trinajstić information content (AvgIpc) is 2.65. The highest BCUT2D eigenvalue weighted by molar-refractivity contribution is 5.37. The van der Waals surface area contributed by atoms with Gasteiger partial charge in [0.1, 0.15) is 5.82 Å². The molecule has 0 bridgehead atoms. The second kappa shape index (κ2) is 6.65. The zero-order valence-corrected chi connectivity index (χ0v) is 14.3. The molecule has 0 fully saturated rings. The van der Waals surface area contributed by atoms with Gasteiger partial charge < -0.3 is 5.32 Å². The number of fused-ring (bicyclic) bond motifs is 1. The summed E-state index contributed by atoms with van der Waals surface area (Å²) in [5.74, 6) is 0.806. The van der Waals surface area contributed by atoms with E-state index in [0.717, 1.165) is 41.3 Å². The minimum Gasteiger partial charge on any atom is -0.312 e. The van der Waals surface area contributed by atoms with Crippen LogP contribution in [0.5, 0.6) is 0 Å². The number of nitrogens with zero attached hydrogens (tertiary/aromatic N) is 2.